The molecule has 0 radical (unpaired) electrons. The van der Waals surface area contributed by atoms with Crippen LogP contribution in [0, 0.1) is 5.82 Å². The molecule has 0 bridgehead atoms. The number of nitrogens with zero attached hydrogens (tertiary/aromatic N) is 1. The third-order valence-corrected chi connectivity index (χ3v) is 3.92. The Balaban J connectivity index is 2.16. The first-order chi connectivity index (χ1) is 9.90. The number of hydrogen-bond acceptors (Lipinski definition) is 2. The highest BCUT2D eigenvalue weighted by atomic mass is 19.4. The van der Waals surface area contributed by atoms with E-state index in [2.05, 4.69) is 4.90 Å². The lowest BCUT2D eigenvalue weighted by molar-refractivity contribution is -0.137. The van der Waals surface area contributed by atoms with Gasteiger partial charge in [0.1, 0.15) is 5.82 Å². The van der Waals surface area contributed by atoms with Crippen LogP contribution in [0.25, 0.3) is 0 Å². The van der Waals surface area contributed by atoms with Crippen LogP contribution in [0.1, 0.15) is 36.8 Å². The normalized spacial score (nSPS) is 20.7. The molecule has 1 aromatic carbocycles. The molecule has 2 rings (SSSR count). The molecular weight excluding hydrogens is 284 g/mol. The molecular formula is C15H20F4N2. The molecule has 0 saturated carbocycles. The van der Waals surface area contributed by atoms with Crippen LogP contribution in [-0.2, 0) is 12.7 Å². The fourth-order valence-electron chi connectivity index (χ4n) is 2.93. The van der Waals surface area contributed by atoms with Crippen molar-refractivity contribution >= 4 is 0 Å². The monoisotopic (exact) mass is 304 g/mol. The second-order valence-electron chi connectivity index (χ2n) is 5.54. The van der Waals surface area contributed by atoms with Crippen molar-refractivity contribution in [3.8, 4) is 0 Å². The van der Waals surface area contributed by atoms with Crippen LogP contribution in [0.4, 0.5) is 17.6 Å². The molecule has 0 spiro atoms. The van der Waals surface area contributed by atoms with E-state index < -0.39 is 17.6 Å². The van der Waals surface area contributed by atoms with Crippen LogP contribution >= 0.6 is 0 Å². The van der Waals surface area contributed by atoms with Crippen LogP contribution in [0.3, 0.4) is 0 Å². The molecule has 0 amide bonds. The average molecular weight is 304 g/mol. The largest absolute Gasteiger partial charge is 0.416 e. The fourth-order valence-corrected chi connectivity index (χ4v) is 2.93. The Kier molecular flexibility index (Phi) is 5.22. The SMILES string of the molecule is NCCC1CCCCN1Cc1cc(F)cc(C(F)(F)F)c1. The van der Waals surface area contributed by atoms with E-state index in [1.165, 1.54) is 6.07 Å². The molecule has 1 unspecified atom stereocenters. The second kappa shape index (κ2) is 6.75. The quantitative estimate of drug-likeness (QED) is 0.862. The van der Waals surface area contributed by atoms with Crippen molar-refractivity contribution in [3.63, 3.8) is 0 Å². The number of piperidine rings is 1. The van der Waals surface area contributed by atoms with Gasteiger partial charge in [0, 0.05) is 12.6 Å². The predicted octanol–water partition coefficient (Wildman–Crippen LogP) is 3.55. The Bertz CT molecular complexity index is 471. The Morgan fingerprint density at radius 3 is 2.62 bits per heavy atom. The third kappa shape index (κ3) is 4.41. The van der Waals surface area contributed by atoms with Gasteiger partial charge >= 0.3 is 6.18 Å². The molecule has 21 heavy (non-hydrogen) atoms. The summed E-state index contributed by atoms with van der Waals surface area (Å²) in [5, 5.41) is 0. The van der Waals surface area contributed by atoms with E-state index in [-0.39, 0.29) is 6.04 Å². The van der Waals surface area contributed by atoms with E-state index in [1.807, 2.05) is 0 Å². The van der Waals surface area contributed by atoms with Crippen LogP contribution < -0.4 is 5.73 Å². The Labute approximate surface area is 121 Å². The number of benzene rings is 1. The van der Waals surface area contributed by atoms with Crippen LogP contribution in [0.2, 0.25) is 0 Å². The van der Waals surface area contributed by atoms with Gasteiger partial charge in [-0.25, -0.2) is 4.39 Å². The maximum absolute atomic E-state index is 13.4. The minimum Gasteiger partial charge on any atom is -0.330 e. The molecule has 0 aliphatic carbocycles. The molecule has 1 aliphatic heterocycles. The number of rotatable bonds is 4. The van der Waals surface area contributed by atoms with Gasteiger partial charge in [-0.05, 0) is 56.1 Å². The van der Waals surface area contributed by atoms with E-state index in [1.54, 1.807) is 0 Å². The number of alkyl halides is 3. The first-order valence-electron chi connectivity index (χ1n) is 7.21. The van der Waals surface area contributed by atoms with Crippen molar-refractivity contribution in [2.75, 3.05) is 13.1 Å². The van der Waals surface area contributed by atoms with Crippen LogP contribution in [-0.4, -0.2) is 24.0 Å². The maximum Gasteiger partial charge on any atom is 0.416 e. The van der Waals surface area contributed by atoms with Gasteiger partial charge in [0.05, 0.1) is 5.56 Å². The highest BCUT2D eigenvalue weighted by molar-refractivity contribution is 5.27. The third-order valence-electron chi connectivity index (χ3n) is 3.92. The minimum absolute atomic E-state index is 0.279. The van der Waals surface area contributed by atoms with Crippen LogP contribution in [0.5, 0.6) is 0 Å². The molecule has 1 aromatic rings. The number of likely N-dealkylation sites (tertiary alicyclic amines) is 1. The summed E-state index contributed by atoms with van der Waals surface area (Å²) in [6.45, 7) is 1.71. The Hall–Kier alpha value is -1.14. The van der Waals surface area contributed by atoms with E-state index >= 15 is 0 Å². The molecule has 2 N–H and O–H groups in total. The van der Waals surface area contributed by atoms with E-state index in [9.17, 15) is 17.6 Å². The number of nitrogens with two attached hydrogens (primary N) is 1. The number of hydrogen-bond donors (Lipinski definition) is 1. The lowest BCUT2D eigenvalue weighted by Crippen LogP contribution is -2.40. The molecule has 2 nitrogen and oxygen atoms in total. The number of halogens is 4. The van der Waals surface area contributed by atoms with Crippen LogP contribution in [0.15, 0.2) is 18.2 Å². The maximum atomic E-state index is 13.4. The Morgan fingerprint density at radius 1 is 1.19 bits per heavy atom. The zero-order chi connectivity index (χ0) is 15.5. The van der Waals surface area contributed by atoms with Gasteiger partial charge in [-0.15, -0.1) is 0 Å². The van der Waals surface area contributed by atoms with Gasteiger partial charge in [0.15, 0.2) is 0 Å². The lowest BCUT2D eigenvalue weighted by Gasteiger charge is -2.35. The molecule has 6 heteroatoms. The van der Waals surface area contributed by atoms with E-state index in [4.69, 9.17) is 5.73 Å². The zero-order valence-electron chi connectivity index (χ0n) is 11.8. The fraction of sp³-hybridized carbons (Fsp3) is 0.600. The van der Waals surface area contributed by atoms with E-state index in [0.717, 1.165) is 38.3 Å². The molecule has 1 fully saturated rings. The van der Waals surface area contributed by atoms with Gasteiger partial charge in [0.2, 0.25) is 0 Å². The highest BCUT2D eigenvalue weighted by Crippen LogP contribution is 2.31. The molecule has 1 heterocycles. The summed E-state index contributed by atoms with van der Waals surface area (Å²) in [6, 6.07) is 3.04. The van der Waals surface area contributed by atoms with Gasteiger partial charge in [-0.1, -0.05) is 6.42 Å². The highest BCUT2D eigenvalue weighted by Gasteiger charge is 2.31. The van der Waals surface area contributed by atoms with Gasteiger partial charge in [-0.3, -0.25) is 4.90 Å². The topological polar surface area (TPSA) is 29.3 Å². The summed E-state index contributed by atoms with van der Waals surface area (Å²) in [6.07, 6.45) is -0.573. The summed E-state index contributed by atoms with van der Waals surface area (Å²) in [5.74, 6) is -0.841. The summed E-state index contributed by atoms with van der Waals surface area (Å²) in [7, 11) is 0. The van der Waals surface area contributed by atoms with Gasteiger partial charge < -0.3 is 5.73 Å². The van der Waals surface area contributed by atoms with Crippen molar-refractivity contribution in [1.82, 2.24) is 4.90 Å². The molecule has 1 saturated heterocycles. The molecule has 118 valence electrons. The van der Waals surface area contributed by atoms with Crippen molar-refractivity contribution in [2.45, 2.75) is 44.4 Å². The van der Waals surface area contributed by atoms with Crippen molar-refractivity contribution in [3.05, 3.63) is 35.1 Å². The summed E-state index contributed by atoms with van der Waals surface area (Å²) < 4.78 is 51.6. The Morgan fingerprint density at radius 2 is 1.95 bits per heavy atom. The average Bonchev–Trinajstić information content (AvgIpc) is 2.40. The molecule has 0 aromatic heterocycles. The lowest BCUT2D eigenvalue weighted by atomic mass is 9.98. The van der Waals surface area contributed by atoms with Crippen molar-refractivity contribution < 1.29 is 17.6 Å². The van der Waals surface area contributed by atoms with Crippen molar-refractivity contribution in [2.24, 2.45) is 5.73 Å². The molecule has 1 aliphatic rings. The first kappa shape index (κ1) is 16.2. The van der Waals surface area contributed by atoms with Gasteiger partial charge in [-0.2, -0.15) is 13.2 Å². The van der Waals surface area contributed by atoms with Gasteiger partial charge in [0.25, 0.3) is 0 Å². The van der Waals surface area contributed by atoms with E-state index in [0.29, 0.717) is 24.7 Å². The van der Waals surface area contributed by atoms with Crippen molar-refractivity contribution in [1.29, 1.82) is 0 Å². The smallest absolute Gasteiger partial charge is 0.330 e. The predicted molar refractivity (Wildman–Crippen MR) is 73.1 cm³/mol. The summed E-state index contributed by atoms with van der Waals surface area (Å²) in [4.78, 5) is 2.12. The zero-order valence-corrected chi connectivity index (χ0v) is 11.8. The molecule has 1 atom stereocenters. The second-order valence-corrected chi connectivity index (χ2v) is 5.54. The summed E-state index contributed by atoms with van der Waals surface area (Å²) >= 11 is 0. The first-order valence-corrected chi connectivity index (χ1v) is 7.21. The standard InChI is InChI=1S/C15H20F4N2/c16-13-8-11(7-12(9-13)15(17,18)19)10-21-6-2-1-3-14(21)4-5-20/h7-9,14H,1-6,10,20H2. The summed E-state index contributed by atoms with van der Waals surface area (Å²) in [5.41, 5.74) is 5.03. The minimum atomic E-state index is -4.52.